The summed E-state index contributed by atoms with van der Waals surface area (Å²) in [6.07, 6.45) is 2.85. The summed E-state index contributed by atoms with van der Waals surface area (Å²) in [4.78, 5) is 20.7. The fourth-order valence-electron chi connectivity index (χ4n) is 2.52. The van der Waals surface area contributed by atoms with E-state index in [1.807, 2.05) is 24.3 Å². The summed E-state index contributed by atoms with van der Waals surface area (Å²) in [6, 6.07) is 11.9. The topological polar surface area (TPSA) is 66.9 Å². The molecule has 27 heavy (non-hydrogen) atoms. The van der Waals surface area contributed by atoms with E-state index < -0.39 is 11.7 Å². The molecule has 2 N–H and O–H groups in total. The van der Waals surface area contributed by atoms with Crippen molar-refractivity contribution in [3.8, 4) is 0 Å². The number of benzene rings is 2. The zero-order chi connectivity index (χ0) is 19.4. The first kappa shape index (κ1) is 18.8. The van der Waals surface area contributed by atoms with Gasteiger partial charge in [-0.2, -0.15) is 0 Å². The van der Waals surface area contributed by atoms with Crippen molar-refractivity contribution in [2.75, 3.05) is 10.6 Å². The molecule has 0 saturated heterocycles. The van der Waals surface area contributed by atoms with Crippen molar-refractivity contribution in [3.63, 3.8) is 0 Å². The van der Waals surface area contributed by atoms with Crippen LogP contribution in [-0.4, -0.2) is 15.9 Å². The van der Waals surface area contributed by atoms with Crippen molar-refractivity contribution < 1.29 is 9.18 Å². The molecule has 0 fully saturated rings. The molecule has 0 atom stereocenters. The third-order valence-corrected chi connectivity index (χ3v) is 4.21. The number of halogens is 2. The lowest BCUT2D eigenvalue weighted by atomic mass is 10.0. The first-order chi connectivity index (χ1) is 12.9. The minimum absolute atomic E-state index is 0.0626. The lowest BCUT2D eigenvalue weighted by Crippen LogP contribution is -2.13. The van der Waals surface area contributed by atoms with Crippen LogP contribution in [0.25, 0.3) is 0 Å². The molecule has 3 rings (SSSR count). The Labute approximate surface area is 161 Å². The maximum Gasteiger partial charge on any atom is 0.258 e. The maximum absolute atomic E-state index is 13.2. The van der Waals surface area contributed by atoms with E-state index in [2.05, 4.69) is 34.4 Å². The number of hydrogen-bond acceptors (Lipinski definition) is 4. The van der Waals surface area contributed by atoms with Gasteiger partial charge in [0.1, 0.15) is 5.82 Å². The van der Waals surface area contributed by atoms with Gasteiger partial charge in [-0.25, -0.2) is 14.4 Å². The first-order valence-corrected chi connectivity index (χ1v) is 8.76. The monoisotopic (exact) mass is 384 g/mol. The van der Waals surface area contributed by atoms with Crippen molar-refractivity contribution in [3.05, 3.63) is 76.8 Å². The Morgan fingerprint density at radius 2 is 1.81 bits per heavy atom. The molecule has 0 aliphatic rings. The molecule has 0 radical (unpaired) electrons. The molecule has 0 aliphatic heterocycles. The molecule has 5 nitrogen and oxygen atoms in total. The average molecular weight is 385 g/mol. The van der Waals surface area contributed by atoms with Crippen LogP contribution in [0, 0.1) is 5.82 Å². The van der Waals surface area contributed by atoms with Gasteiger partial charge >= 0.3 is 0 Å². The van der Waals surface area contributed by atoms with Gasteiger partial charge in [-0.1, -0.05) is 43.6 Å². The van der Waals surface area contributed by atoms with E-state index in [0.29, 0.717) is 17.6 Å². The van der Waals surface area contributed by atoms with Crippen LogP contribution in [0.5, 0.6) is 0 Å². The number of carbonyl (C=O) groups is 1. The Balaban J connectivity index is 1.71. The van der Waals surface area contributed by atoms with Crippen LogP contribution in [0.4, 0.5) is 21.7 Å². The lowest BCUT2D eigenvalue weighted by molar-refractivity contribution is 0.102. The normalized spacial score (nSPS) is 10.7. The van der Waals surface area contributed by atoms with Gasteiger partial charge in [0.15, 0.2) is 0 Å². The molecule has 0 saturated carbocycles. The van der Waals surface area contributed by atoms with Gasteiger partial charge in [0.2, 0.25) is 5.95 Å². The third kappa shape index (κ3) is 4.60. The Kier molecular flexibility index (Phi) is 5.66. The molecule has 0 aliphatic carbocycles. The first-order valence-electron chi connectivity index (χ1n) is 8.38. The molecule has 1 aromatic heterocycles. The molecule has 0 bridgehead atoms. The molecule has 7 heteroatoms. The van der Waals surface area contributed by atoms with Crippen molar-refractivity contribution in [1.82, 2.24) is 9.97 Å². The highest BCUT2D eigenvalue weighted by Gasteiger charge is 2.11. The fraction of sp³-hybridized carbons (Fsp3) is 0.150. The number of rotatable bonds is 5. The van der Waals surface area contributed by atoms with Crippen LogP contribution >= 0.6 is 11.6 Å². The van der Waals surface area contributed by atoms with Gasteiger partial charge < -0.3 is 10.6 Å². The molecule has 1 amide bonds. The Bertz CT molecular complexity index is 960. The van der Waals surface area contributed by atoms with E-state index in [4.69, 9.17) is 11.6 Å². The standard InChI is InChI=1S/C20H18ClFN4O/c1-12(2)15-5-3-4-6-18(15)26-20-23-10-13(11-24-20)19(27)25-14-7-8-17(22)16(21)9-14/h3-12H,1-2H3,(H,25,27)(H,23,24,26). The lowest BCUT2D eigenvalue weighted by Gasteiger charge is -2.13. The predicted molar refractivity (Wildman–Crippen MR) is 105 cm³/mol. The van der Waals surface area contributed by atoms with Crippen LogP contribution in [0.1, 0.15) is 35.7 Å². The minimum Gasteiger partial charge on any atom is -0.324 e. The van der Waals surface area contributed by atoms with E-state index in [9.17, 15) is 9.18 Å². The van der Waals surface area contributed by atoms with E-state index in [1.165, 1.54) is 30.6 Å². The number of hydrogen-bond donors (Lipinski definition) is 2. The second-order valence-electron chi connectivity index (χ2n) is 6.25. The van der Waals surface area contributed by atoms with Crippen molar-refractivity contribution in [2.24, 2.45) is 0 Å². The van der Waals surface area contributed by atoms with Gasteiger partial charge in [-0.05, 0) is 35.7 Å². The Morgan fingerprint density at radius 1 is 1.11 bits per heavy atom. The van der Waals surface area contributed by atoms with Crippen LogP contribution < -0.4 is 10.6 Å². The highest BCUT2D eigenvalue weighted by Crippen LogP contribution is 2.25. The number of amides is 1. The average Bonchev–Trinajstić information content (AvgIpc) is 2.65. The van der Waals surface area contributed by atoms with Gasteiger partial charge in [-0.3, -0.25) is 4.79 Å². The number of para-hydroxylation sites is 1. The summed E-state index contributed by atoms with van der Waals surface area (Å²) in [6.45, 7) is 4.22. The Morgan fingerprint density at radius 3 is 2.48 bits per heavy atom. The highest BCUT2D eigenvalue weighted by atomic mass is 35.5. The zero-order valence-corrected chi connectivity index (χ0v) is 15.6. The smallest absolute Gasteiger partial charge is 0.258 e. The van der Waals surface area contributed by atoms with Crippen LogP contribution in [0.15, 0.2) is 54.9 Å². The number of aromatic nitrogens is 2. The van der Waals surface area contributed by atoms with E-state index in [0.717, 1.165) is 11.3 Å². The SMILES string of the molecule is CC(C)c1ccccc1Nc1ncc(C(=O)Nc2ccc(F)c(Cl)c2)cn1. The third-order valence-electron chi connectivity index (χ3n) is 3.92. The summed E-state index contributed by atoms with van der Waals surface area (Å²) in [5, 5.41) is 5.74. The van der Waals surface area contributed by atoms with Crippen molar-refractivity contribution in [1.29, 1.82) is 0 Å². The number of anilines is 3. The molecule has 0 unspecified atom stereocenters. The highest BCUT2D eigenvalue weighted by molar-refractivity contribution is 6.31. The van der Waals surface area contributed by atoms with Gasteiger partial charge in [-0.15, -0.1) is 0 Å². The van der Waals surface area contributed by atoms with Crippen molar-refractivity contribution in [2.45, 2.75) is 19.8 Å². The second-order valence-corrected chi connectivity index (χ2v) is 6.65. The fourth-order valence-corrected chi connectivity index (χ4v) is 2.70. The molecular weight excluding hydrogens is 367 g/mol. The number of nitrogens with zero attached hydrogens (tertiary/aromatic N) is 2. The van der Waals surface area contributed by atoms with E-state index in [1.54, 1.807) is 0 Å². The quantitative estimate of drug-likeness (QED) is 0.619. The van der Waals surface area contributed by atoms with Crippen molar-refractivity contribution >= 4 is 34.8 Å². The number of carbonyl (C=O) groups excluding carboxylic acids is 1. The maximum atomic E-state index is 13.2. The summed E-state index contributed by atoms with van der Waals surface area (Å²) in [5.41, 5.74) is 2.74. The van der Waals surface area contributed by atoms with E-state index in [-0.39, 0.29) is 10.6 Å². The van der Waals surface area contributed by atoms with Crippen LogP contribution in [-0.2, 0) is 0 Å². The molecule has 3 aromatic rings. The molecule has 1 heterocycles. The van der Waals surface area contributed by atoms with Gasteiger partial charge in [0.05, 0.1) is 10.6 Å². The minimum atomic E-state index is -0.546. The number of nitrogens with one attached hydrogen (secondary N) is 2. The predicted octanol–water partition coefficient (Wildman–Crippen LogP) is 5.39. The molecule has 2 aromatic carbocycles. The zero-order valence-electron chi connectivity index (χ0n) is 14.8. The molecular formula is C20H18ClFN4O. The summed E-state index contributed by atoms with van der Waals surface area (Å²) in [7, 11) is 0. The van der Waals surface area contributed by atoms with E-state index >= 15 is 0 Å². The molecule has 138 valence electrons. The summed E-state index contributed by atoms with van der Waals surface area (Å²) < 4.78 is 13.2. The van der Waals surface area contributed by atoms with Gasteiger partial charge in [0, 0.05) is 23.8 Å². The summed E-state index contributed by atoms with van der Waals surface area (Å²) >= 11 is 5.72. The largest absolute Gasteiger partial charge is 0.324 e. The van der Waals surface area contributed by atoms with Crippen LogP contribution in [0.2, 0.25) is 5.02 Å². The summed E-state index contributed by atoms with van der Waals surface area (Å²) in [5.74, 6) is -0.215. The Hall–Kier alpha value is -2.99. The second kappa shape index (κ2) is 8.14. The molecule has 0 spiro atoms. The van der Waals surface area contributed by atoms with Gasteiger partial charge in [0.25, 0.3) is 5.91 Å². The van der Waals surface area contributed by atoms with Crippen LogP contribution in [0.3, 0.4) is 0 Å².